The molecule has 0 amide bonds. The van der Waals surface area contributed by atoms with Gasteiger partial charge in [0.1, 0.15) is 11.4 Å². The van der Waals surface area contributed by atoms with Gasteiger partial charge >= 0.3 is 12.3 Å². The van der Waals surface area contributed by atoms with Crippen LogP contribution in [0.2, 0.25) is 0 Å². The smallest absolute Gasteiger partial charge is 0.464 e. The average molecular weight is 274 g/mol. The third-order valence-electron chi connectivity index (χ3n) is 2.38. The molecule has 2 heterocycles. The van der Waals surface area contributed by atoms with Crippen LogP contribution >= 0.6 is 0 Å². The number of aromatic nitrogens is 2. The Morgan fingerprint density at radius 1 is 1.42 bits per heavy atom. The van der Waals surface area contributed by atoms with Crippen LogP contribution in [0, 0.1) is 6.92 Å². The van der Waals surface area contributed by atoms with Crippen LogP contribution in [0.5, 0.6) is 5.75 Å². The number of alkyl halides is 3. The first kappa shape index (κ1) is 13.2. The van der Waals surface area contributed by atoms with Gasteiger partial charge in [-0.25, -0.2) is 9.78 Å². The Kier molecular flexibility index (Phi) is 3.09. The predicted molar refractivity (Wildman–Crippen MR) is 58.0 cm³/mol. The van der Waals surface area contributed by atoms with Gasteiger partial charge < -0.3 is 9.47 Å². The van der Waals surface area contributed by atoms with E-state index in [1.54, 1.807) is 6.92 Å². The van der Waals surface area contributed by atoms with E-state index in [9.17, 15) is 18.0 Å². The summed E-state index contributed by atoms with van der Waals surface area (Å²) in [6.07, 6.45) is -3.51. The van der Waals surface area contributed by atoms with Gasteiger partial charge in [0, 0.05) is 12.3 Å². The lowest BCUT2D eigenvalue weighted by Crippen LogP contribution is -2.17. The maximum absolute atomic E-state index is 12.1. The Morgan fingerprint density at radius 2 is 2.11 bits per heavy atom. The minimum Gasteiger partial charge on any atom is -0.464 e. The molecule has 0 aliphatic carbocycles. The van der Waals surface area contributed by atoms with E-state index in [-0.39, 0.29) is 11.3 Å². The summed E-state index contributed by atoms with van der Waals surface area (Å²) in [5, 5.41) is 0. The highest BCUT2D eigenvalue weighted by atomic mass is 19.4. The summed E-state index contributed by atoms with van der Waals surface area (Å²) >= 11 is 0. The molecule has 102 valence electrons. The highest BCUT2D eigenvalue weighted by Gasteiger charge is 2.31. The first-order valence-electron chi connectivity index (χ1n) is 5.14. The lowest BCUT2D eigenvalue weighted by atomic mass is 10.3. The molecule has 0 saturated heterocycles. The first-order chi connectivity index (χ1) is 8.81. The fourth-order valence-electron chi connectivity index (χ4n) is 1.68. The summed E-state index contributed by atoms with van der Waals surface area (Å²) in [7, 11) is 1.21. The summed E-state index contributed by atoms with van der Waals surface area (Å²) in [5.74, 6) is -1.02. The first-order valence-corrected chi connectivity index (χ1v) is 5.14. The van der Waals surface area contributed by atoms with E-state index in [0.717, 1.165) is 12.1 Å². The van der Waals surface area contributed by atoms with Crippen molar-refractivity contribution in [3.05, 3.63) is 29.7 Å². The van der Waals surface area contributed by atoms with E-state index in [2.05, 4.69) is 14.5 Å². The van der Waals surface area contributed by atoms with Gasteiger partial charge in [-0.2, -0.15) is 0 Å². The maximum atomic E-state index is 12.1. The van der Waals surface area contributed by atoms with Gasteiger partial charge in [0.2, 0.25) is 0 Å². The molecule has 8 heteroatoms. The van der Waals surface area contributed by atoms with Crippen LogP contribution < -0.4 is 4.74 Å². The molecule has 2 rings (SSSR count). The number of carbonyl (C=O) groups is 1. The molecule has 0 atom stereocenters. The number of halogens is 3. The Balaban J connectivity index is 2.49. The maximum Gasteiger partial charge on any atom is 0.573 e. The lowest BCUT2D eigenvalue weighted by Gasteiger charge is -2.08. The summed E-state index contributed by atoms with van der Waals surface area (Å²) in [6.45, 7) is 1.56. The van der Waals surface area contributed by atoms with Crippen molar-refractivity contribution in [2.45, 2.75) is 13.3 Å². The highest BCUT2D eigenvalue weighted by molar-refractivity contribution is 5.90. The topological polar surface area (TPSA) is 52.8 Å². The van der Waals surface area contributed by atoms with Crippen LogP contribution in [-0.4, -0.2) is 28.8 Å². The van der Waals surface area contributed by atoms with Crippen LogP contribution in [0.25, 0.3) is 5.65 Å². The van der Waals surface area contributed by atoms with Gasteiger partial charge in [0.15, 0.2) is 5.69 Å². The van der Waals surface area contributed by atoms with E-state index in [4.69, 9.17) is 0 Å². The van der Waals surface area contributed by atoms with E-state index < -0.39 is 18.1 Å². The normalized spacial score (nSPS) is 11.6. The second kappa shape index (κ2) is 4.45. The summed E-state index contributed by atoms with van der Waals surface area (Å²) in [4.78, 5) is 15.5. The number of pyridine rings is 1. The van der Waals surface area contributed by atoms with Crippen LogP contribution in [0.1, 0.15) is 16.2 Å². The second-order valence-electron chi connectivity index (χ2n) is 3.68. The quantitative estimate of drug-likeness (QED) is 0.789. The zero-order valence-corrected chi connectivity index (χ0v) is 9.99. The Hall–Kier alpha value is -2.25. The molecule has 0 unspecified atom stereocenters. The van der Waals surface area contributed by atoms with Gasteiger partial charge in [0.25, 0.3) is 0 Å². The van der Waals surface area contributed by atoms with Crippen molar-refractivity contribution in [2.24, 2.45) is 0 Å². The van der Waals surface area contributed by atoms with E-state index in [1.165, 1.54) is 17.7 Å². The van der Waals surface area contributed by atoms with Gasteiger partial charge in [-0.05, 0) is 13.0 Å². The number of esters is 1. The number of carbonyl (C=O) groups excluding carboxylic acids is 1. The van der Waals surface area contributed by atoms with Crippen LogP contribution in [0.4, 0.5) is 13.2 Å². The number of imidazole rings is 1. The molecule has 2 aromatic heterocycles. The molecule has 5 nitrogen and oxygen atoms in total. The Bertz CT molecular complexity index is 634. The molecule has 0 aromatic carbocycles. The predicted octanol–water partition coefficient (Wildman–Crippen LogP) is 2.33. The van der Waals surface area contributed by atoms with Crippen molar-refractivity contribution in [3.63, 3.8) is 0 Å². The number of hydrogen-bond acceptors (Lipinski definition) is 4. The zero-order chi connectivity index (χ0) is 14.2. The van der Waals surface area contributed by atoms with Crippen LogP contribution in [0.3, 0.4) is 0 Å². The van der Waals surface area contributed by atoms with E-state index >= 15 is 0 Å². The number of methoxy groups -OCH3 is 1. The third kappa shape index (κ3) is 2.61. The average Bonchev–Trinajstić information content (AvgIpc) is 2.61. The summed E-state index contributed by atoms with van der Waals surface area (Å²) < 4.78 is 46.0. The van der Waals surface area contributed by atoms with Crippen LogP contribution in [0.15, 0.2) is 18.3 Å². The molecule has 0 N–H and O–H groups in total. The SMILES string of the molecule is COC(=O)c1c(C)nc2cc(OC(F)(F)F)ccn12. The number of ether oxygens (including phenoxy) is 2. The third-order valence-corrected chi connectivity index (χ3v) is 2.38. The number of rotatable bonds is 2. The van der Waals surface area contributed by atoms with Crippen molar-refractivity contribution in [2.75, 3.05) is 7.11 Å². The molecular formula is C11H9F3N2O3. The van der Waals surface area contributed by atoms with Crippen molar-refractivity contribution in [1.29, 1.82) is 0 Å². The molecule has 2 aromatic rings. The second-order valence-corrected chi connectivity index (χ2v) is 3.68. The Labute approximate surface area is 105 Å². The number of hydrogen-bond donors (Lipinski definition) is 0. The molecule has 0 spiro atoms. The van der Waals surface area contributed by atoms with Gasteiger partial charge in [0.05, 0.1) is 12.8 Å². The van der Waals surface area contributed by atoms with E-state index in [0.29, 0.717) is 5.69 Å². The largest absolute Gasteiger partial charge is 0.573 e. The van der Waals surface area contributed by atoms with Gasteiger partial charge in [-0.15, -0.1) is 13.2 Å². The standard InChI is InChI=1S/C11H9F3N2O3/c1-6-9(10(17)18-2)16-4-3-7(5-8(16)15-6)19-11(12,13)14/h3-5H,1-2H3. The fraction of sp³-hybridized carbons (Fsp3) is 0.273. The number of aryl methyl sites for hydroxylation is 1. The molecule has 0 bridgehead atoms. The molecule has 0 radical (unpaired) electrons. The molecule has 0 aliphatic heterocycles. The van der Waals surface area contributed by atoms with Crippen molar-refractivity contribution >= 4 is 11.6 Å². The monoisotopic (exact) mass is 274 g/mol. The van der Waals surface area contributed by atoms with Crippen molar-refractivity contribution in [1.82, 2.24) is 9.38 Å². The summed E-state index contributed by atoms with van der Waals surface area (Å²) in [6, 6.07) is 2.18. The lowest BCUT2D eigenvalue weighted by molar-refractivity contribution is -0.274. The summed E-state index contributed by atoms with van der Waals surface area (Å²) in [5.41, 5.74) is 0.687. The van der Waals surface area contributed by atoms with Crippen molar-refractivity contribution < 1.29 is 27.4 Å². The number of nitrogens with zero attached hydrogens (tertiary/aromatic N) is 2. The molecule has 0 fully saturated rings. The van der Waals surface area contributed by atoms with Gasteiger partial charge in [-0.3, -0.25) is 4.40 Å². The molecule has 0 aliphatic rings. The van der Waals surface area contributed by atoms with Crippen LogP contribution in [-0.2, 0) is 4.74 Å². The Morgan fingerprint density at radius 3 is 2.68 bits per heavy atom. The molecular weight excluding hydrogens is 265 g/mol. The van der Waals surface area contributed by atoms with E-state index in [1.807, 2.05) is 0 Å². The minimum absolute atomic E-state index is 0.163. The minimum atomic E-state index is -4.77. The van der Waals surface area contributed by atoms with Gasteiger partial charge in [-0.1, -0.05) is 0 Å². The molecule has 19 heavy (non-hydrogen) atoms. The molecule has 0 saturated carbocycles. The highest BCUT2D eigenvalue weighted by Crippen LogP contribution is 2.24. The fourth-order valence-corrected chi connectivity index (χ4v) is 1.68. The zero-order valence-electron chi connectivity index (χ0n) is 9.99. The van der Waals surface area contributed by atoms with Crippen molar-refractivity contribution in [3.8, 4) is 5.75 Å². The number of fused-ring (bicyclic) bond motifs is 1.